The summed E-state index contributed by atoms with van der Waals surface area (Å²) >= 11 is 1.55. The van der Waals surface area contributed by atoms with Gasteiger partial charge in [0.25, 0.3) is 0 Å². The molecule has 0 bridgehead atoms. The maximum Gasteiger partial charge on any atom is 0.247 e. The topological polar surface area (TPSA) is 49.3 Å². The van der Waals surface area contributed by atoms with Crippen LogP contribution >= 0.6 is 11.8 Å². The molecule has 0 aliphatic carbocycles. The Hall–Kier alpha value is -2.34. The fourth-order valence-electron chi connectivity index (χ4n) is 2.36. The summed E-state index contributed by atoms with van der Waals surface area (Å²) in [6.07, 6.45) is 5.12. The van der Waals surface area contributed by atoms with Crippen molar-refractivity contribution in [1.82, 2.24) is 14.9 Å². The molecule has 0 spiro atoms. The molecule has 118 valence electrons. The van der Waals surface area contributed by atoms with Gasteiger partial charge in [0.1, 0.15) is 0 Å². The van der Waals surface area contributed by atoms with Crippen LogP contribution in [0.5, 0.6) is 0 Å². The first-order valence-electron chi connectivity index (χ1n) is 7.52. The molecular weight excluding hydrogens is 308 g/mol. The van der Waals surface area contributed by atoms with Crippen LogP contribution in [-0.4, -0.2) is 47.0 Å². The van der Waals surface area contributed by atoms with Crippen molar-refractivity contribution in [3.05, 3.63) is 60.3 Å². The number of rotatable bonds is 4. The van der Waals surface area contributed by atoms with Gasteiger partial charge < -0.3 is 9.80 Å². The Balaban J connectivity index is 1.48. The number of amides is 1. The Labute approximate surface area is 140 Å². The first-order chi connectivity index (χ1) is 11.3. The molecule has 23 heavy (non-hydrogen) atoms. The number of hydrogen-bond acceptors (Lipinski definition) is 5. The Morgan fingerprint density at radius 1 is 1.00 bits per heavy atom. The highest BCUT2D eigenvalue weighted by molar-refractivity contribution is 8.02. The van der Waals surface area contributed by atoms with Gasteiger partial charge in [0, 0.05) is 49.5 Å². The van der Waals surface area contributed by atoms with Gasteiger partial charge in [-0.2, -0.15) is 0 Å². The van der Waals surface area contributed by atoms with Crippen molar-refractivity contribution in [2.24, 2.45) is 0 Å². The summed E-state index contributed by atoms with van der Waals surface area (Å²) in [5.74, 6) is 0.789. The van der Waals surface area contributed by atoms with E-state index in [2.05, 4.69) is 14.9 Å². The molecule has 1 amide bonds. The van der Waals surface area contributed by atoms with E-state index >= 15 is 0 Å². The number of thioether (sulfide) groups is 1. The second-order valence-corrected chi connectivity index (χ2v) is 6.07. The Kier molecular flexibility index (Phi) is 5.26. The summed E-state index contributed by atoms with van der Waals surface area (Å²) in [6.45, 7) is 2.90. The zero-order valence-electron chi connectivity index (χ0n) is 12.7. The van der Waals surface area contributed by atoms with Crippen LogP contribution in [0.1, 0.15) is 0 Å². The lowest BCUT2D eigenvalue weighted by molar-refractivity contribution is -0.126. The Bertz CT molecular complexity index is 655. The number of carbonyl (C=O) groups excluding carboxylic acids is 1. The molecule has 2 heterocycles. The fraction of sp³-hybridized carbons (Fsp3) is 0.235. The molecule has 5 nitrogen and oxygen atoms in total. The van der Waals surface area contributed by atoms with E-state index in [0.717, 1.165) is 23.9 Å². The molecule has 1 aromatic heterocycles. The van der Waals surface area contributed by atoms with Crippen molar-refractivity contribution in [1.29, 1.82) is 0 Å². The van der Waals surface area contributed by atoms with Gasteiger partial charge in [-0.15, -0.1) is 0 Å². The van der Waals surface area contributed by atoms with E-state index in [-0.39, 0.29) is 5.91 Å². The van der Waals surface area contributed by atoms with E-state index < -0.39 is 0 Å². The van der Waals surface area contributed by atoms with Crippen molar-refractivity contribution in [3.8, 4) is 0 Å². The molecule has 0 atom stereocenters. The van der Waals surface area contributed by atoms with Crippen molar-refractivity contribution in [2.45, 2.75) is 4.90 Å². The minimum atomic E-state index is 0.0575. The number of carbonyl (C=O) groups is 1. The average Bonchev–Trinajstić information content (AvgIpc) is 2.63. The maximum atomic E-state index is 12.2. The third-order valence-corrected chi connectivity index (χ3v) is 4.40. The molecule has 0 unspecified atom stereocenters. The van der Waals surface area contributed by atoms with E-state index in [1.807, 2.05) is 40.6 Å². The van der Waals surface area contributed by atoms with E-state index in [1.54, 1.807) is 36.3 Å². The van der Waals surface area contributed by atoms with E-state index in [9.17, 15) is 4.79 Å². The molecule has 6 heteroatoms. The molecule has 1 aliphatic rings. The van der Waals surface area contributed by atoms with Crippen molar-refractivity contribution >= 4 is 23.6 Å². The van der Waals surface area contributed by atoms with Crippen LogP contribution in [0.3, 0.4) is 0 Å². The second kappa shape index (κ2) is 7.78. The largest absolute Gasteiger partial charge is 0.337 e. The van der Waals surface area contributed by atoms with Gasteiger partial charge in [-0.1, -0.05) is 30.0 Å². The van der Waals surface area contributed by atoms with Gasteiger partial charge in [0.05, 0.1) is 0 Å². The highest BCUT2D eigenvalue weighted by Crippen LogP contribution is 2.18. The van der Waals surface area contributed by atoms with Gasteiger partial charge >= 0.3 is 0 Å². The van der Waals surface area contributed by atoms with Crippen LogP contribution in [0, 0.1) is 0 Å². The SMILES string of the molecule is O=C(/C=C/Sc1ccccc1)N1CCN(c2ncccn2)CC1. The summed E-state index contributed by atoms with van der Waals surface area (Å²) < 4.78 is 0. The number of aromatic nitrogens is 2. The molecule has 3 rings (SSSR count). The quantitative estimate of drug-likeness (QED) is 0.638. The summed E-state index contributed by atoms with van der Waals surface area (Å²) in [5, 5.41) is 1.85. The fourth-order valence-corrected chi connectivity index (χ4v) is 3.01. The average molecular weight is 326 g/mol. The van der Waals surface area contributed by atoms with Crippen molar-refractivity contribution in [2.75, 3.05) is 31.1 Å². The molecule has 2 aromatic rings. The standard InChI is InChI=1S/C17H18N4OS/c22-16(7-14-23-15-5-2-1-3-6-15)20-10-12-21(13-11-20)17-18-8-4-9-19-17/h1-9,14H,10-13H2/b14-7+. The van der Waals surface area contributed by atoms with Crippen LogP contribution in [0.4, 0.5) is 5.95 Å². The first-order valence-corrected chi connectivity index (χ1v) is 8.40. The van der Waals surface area contributed by atoms with E-state index in [1.165, 1.54) is 0 Å². The molecule has 0 radical (unpaired) electrons. The summed E-state index contributed by atoms with van der Waals surface area (Å²) in [5.41, 5.74) is 0. The van der Waals surface area contributed by atoms with Crippen LogP contribution in [0.15, 0.2) is 65.2 Å². The van der Waals surface area contributed by atoms with Crippen LogP contribution in [0.25, 0.3) is 0 Å². The minimum absolute atomic E-state index is 0.0575. The lowest BCUT2D eigenvalue weighted by Gasteiger charge is -2.34. The summed E-state index contributed by atoms with van der Waals surface area (Å²) in [6, 6.07) is 11.8. The zero-order valence-corrected chi connectivity index (χ0v) is 13.5. The monoisotopic (exact) mass is 326 g/mol. The predicted molar refractivity (Wildman–Crippen MR) is 92.3 cm³/mol. The lowest BCUT2D eigenvalue weighted by Crippen LogP contribution is -2.48. The number of nitrogens with zero attached hydrogens (tertiary/aromatic N) is 4. The van der Waals surface area contributed by atoms with Crippen molar-refractivity contribution in [3.63, 3.8) is 0 Å². The van der Waals surface area contributed by atoms with Gasteiger partial charge in [-0.3, -0.25) is 4.79 Å². The van der Waals surface area contributed by atoms with Gasteiger partial charge in [-0.05, 0) is 23.6 Å². The minimum Gasteiger partial charge on any atom is -0.337 e. The third-order valence-electron chi connectivity index (χ3n) is 3.58. The highest BCUT2D eigenvalue weighted by atomic mass is 32.2. The number of piperazine rings is 1. The van der Waals surface area contributed by atoms with E-state index in [4.69, 9.17) is 0 Å². The molecular formula is C17H18N4OS. The van der Waals surface area contributed by atoms with Crippen LogP contribution < -0.4 is 4.90 Å². The van der Waals surface area contributed by atoms with E-state index in [0.29, 0.717) is 13.1 Å². The highest BCUT2D eigenvalue weighted by Gasteiger charge is 2.20. The van der Waals surface area contributed by atoms with Gasteiger partial charge in [0.2, 0.25) is 11.9 Å². The smallest absolute Gasteiger partial charge is 0.247 e. The van der Waals surface area contributed by atoms with Crippen LogP contribution in [0.2, 0.25) is 0 Å². The summed E-state index contributed by atoms with van der Waals surface area (Å²) in [4.78, 5) is 25.8. The Morgan fingerprint density at radius 3 is 2.39 bits per heavy atom. The van der Waals surface area contributed by atoms with Crippen LogP contribution in [-0.2, 0) is 4.79 Å². The molecule has 1 aliphatic heterocycles. The molecule has 0 saturated carbocycles. The first kappa shape index (κ1) is 15.6. The molecule has 0 N–H and O–H groups in total. The third kappa shape index (κ3) is 4.32. The lowest BCUT2D eigenvalue weighted by atomic mass is 10.3. The number of hydrogen-bond donors (Lipinski definition) is 0. The van der Waals surface area contributed by atoms with Crippen molar-refractivity contribution < 1.29 is 4.79 Å². The Morgan fingerprint density at radius 2 is 1.70 bits per heavy atom. The second-order valence-electron chi connectivity index (χ2n) is 5.09. The number of benzene rings is 1. The molecule has 1 saturated heterocycles. The molecule has 1 fully saturated rings. The van der Waals surface area contributed by atoms with Gasteiger partial charge in [0.15, 0.2) is 0 Å². The zero-order chi connectivity index (χ0) is 15.9. The van der Waals surface area contributed by atoms with Gasteiger partial charge in [-0.25, -0.2) is 9.97 Å². The predicted octanol–water partition coefficient (Wildman–Crippen LogP) is 2.43. The molecule has 1 aromatic carbocycles. The number of anilines is 1. The normalized spacial score (nSPS) is 15.1. The maximum absolute atomic E-state index is 12.2. The summed E-state index contributed by atoms with van der Waals surface area (Å²) in [7, 11) is 0.